The molecule has 1 fully saturated rings. The Morgan fingerprint density at radius 3 is 2.65 bits per heavy atom. The van der Waals surface area contributed by atoms with Gasteiger partial charge >= 0.3 is 0 Å². The summed E-state index contributed by atoms with van der Waals surface area (Å²) in [5, 5.41) is 2.76. The SMILES string of the molecule is CC1(C)C(=O)NCCN1C(=O)CCc1ccc(F)cc1. The molecule has 1 N–H and O–H groups in total. The van der Waals surface area contributed by atoms with Crippen LogP contribution < -0.4 is 5.32 Å². The van der Waals surface area contributed by atoms with Gasteiger partial charge in [0.05, 0.1) is 0 Å². The first kappa shape index (κ1) is 14.5. The van der Waals surface area contributed by atoms with Gasteiger partial charge in [0.15, 0.2) is 0 Å². The summed E-state index contributed by atoms with van der Waals surface area (Å²) in [5.41, 5.74) is 0.108. The fourth-order valence-electron chi connectivity index (χ4n) is 2.37. The first-order chi connectivity index (χ1) is 9.41. The third-order valence-corrected chi connectivity index (χ3v) is 3.69. The number of amides is 2. The van der Waals surface area contributed by atoms with Crippen molar-refractivity contribution in [1.82, 2.24) is 10.2 Å². The summed E-state index contributed by atoms with van der Waals surface area (Å²) >= 11 is 0. The van der Waals surface area contributed by atoms with E-state index >= 15 is 0 Å². The average Bonchev–Trinajstić information content (AvgIpc) is 2.41. The molecule has 2 amide bonds. The van der Waals surface area contributed by atoms with E-state index in [0.717, 1.165) is 5.56 Å². The van der Waals surface area contributed by atoms with E-state index in [4.69, 9.17) is 0 Å². The van der Waals surface area contributed by atoms with Gasteiger partial charge in [-0.15, -0.1) is 0 Å². The maximum absolute atomic E-state index is 12.8. The summed E-state index contributed by atoms with van der Waals surface area (Å²) in [7, 11) is 0. The van der Waals surface area contributed by atoms with E-state index in [1.807, 2.05) is 0 Å². The molecule has 0 radical (unpaired) electrons. The van der Waals surface area contributed by atoms with E-state index in [9.17, 15) is 14.0 Å². The molecule has 0 atom stereocenters. The summed E-state index contributed by atoms with van der Waals surface area (Å²) in [5.74, 6) is -0.457. The van der Waals surface area contributed by atoms with Gasteiger partial charge in [-0.05, 0) is 38.0 Å². The van der Waals surface area contributed by atoms with Crippen molar-refractivity contribution >= 4 is 11.8 Å². The van der Waals surface area contributed by atoms with Crippen LogP contribution in [0.5, 0.6) is 0 Å². The second-order valence-electron chi connectivity index (χ2n) is 5.49. The number of hydrogen-bond acceptors (Lipinski definition) is 2. The van der Waals surface area contributed by atoms with Gasteiger partial charge in [-0.25, -0.2) is 4.39 Å². The largest absolute Gasteiger partial charge is 0.352 e. The van der Waals surface area contributed by atoms with Gasteiger partial charge in [0.25, 0.3) is 0 Å². The maximum Gasteiger partial charge on any atom is 0.245 e. The number of hydrogen-bond donors (Lipinski definition) is 1. The van der Waals surface area contributed by atoms with E-state index in [1.165, 1.54) is 12.1 Å². The smallest absolute Gasteiger partial charge is 0.245 e. The molecule has 20 heavy (non-hydrogen) atoms. The number of nitrogens with one attached hydrogen (secondary N) is 1. The van der Waals surface area contributed by atoms with Gasteiger partial charge < -0.3 is 10.2 Å². The third-order valence-electron chi connectivity index (χ3n) is 3.69. The number of halogens is 1. The molecule has 1 aliphatic heterocycles. The van der Waals surface area contributed by atoms with Crippen LogP contribution in [-0.4, -0.2) is 35.3 Å². The number of carbonyl (C=O) groups excluding carboxylic acids is 2. The van der Waals surface area contributed by atoms with Crippen molar-refractivity contribution in [2.45, 2.75) is 32.2 Å². The zero-order valence-electron chi connectivity index (χ0n) is 11.8. The predicted octanol–water partition coefficient (Wildman–Crippen LogP) is 1.50. The first-order valence-corrected chi connectivity index (χ1v) is 6.74. The van der Waals surface area contributed by atoms with E-state index < -0.39 is 5.54 Å². The lowest BCUT2D eigenvalue weighted by Crippen LogP contribution is -2.63. The van der Waals surface area contributed by atoms with Gasteiger partial charge in [0, 0.05) is 19.5 Å². The number of piperazine rings is 1. The van der Waals surface area contributed by atoms with Gasteiger partial charge in [0.2, 0.25) is 11.8 Å². The Kier molecular flexibility index (Phi) is 4.06. The summed E-state index contributed by atoms with van der Waals surface area (Å²) in [6.45, 7) is 4.51. The molecular weight excluding hydrogens is 259 g/mol. The minimum absolute atomic E-state index is 0.0471. The Morgan fingerprint density at radius 2 is 2.00 bits per heavy atom. The minimum Gasteiger partial charge on any atom is -0.352 e. The van der Waals surface area contributed by atoms with Crippen molar-refractivity contribution in [3.05, 3.63) is 35.6 Å². The van der Waals surface area contributed by atoms with Crippen LogP contribution in [0.1, 0.15) is 25.8 Å². The van der Waals surface area contributed by atoms with Crippen LogP contribution in [-0.2, 0) is 16.0 Å². The summed E-state index contributed by atoms with van der Waals surface area (Å²) in [4.78, 5) is 25.7. The molecule has 5 heteroatoms. The second kappa shape index (κ2) is 5.61. The van der Waals surface area contributed by atoms with Crippen molar-refractivity contribution in [3.8, 4) is 0 Å². The van der Waals surface area contributed by atoms with E-state index in [1.54, 1.807) is 30.9 Å². The highest BCUT2D eigenvalue weighted by atomic mass is 19.1. The van der Waals surface area contributed by atoms with Crippen molar-refractivity contribution in [2.75, 3.05) is 13.1 Å². The van der Waals surface area contributed by atoms with Crippen LogP contribution in [0.4, 0.5) is 4.39 Å². The second-order valence-corrected chi connectivity index (χ2v) is 5.49. The van der Waals surface area contributed by atoms with Crippen LogP contribution in [0, 0.1) is 5.82 Å². The standard InChI is InChI=1S/C15H19FN2O2/c1-15(2)14(20)17-9-10-18(15)13(19)8-5-11-3-6-12(16)7-4-11/h3-4,6-7H,5,8-10H2,1-2H3,(H,17,20). The van der Waals surface area contributed by atoms with Crippen molar-refractivity contribution < 1.29 is 14.0 Å². The van der Waals surface area contributed by atoms with Crippen molar-refractivity contribution in [3.63, 3.8) is 0 Å². The molecule has 0 saturated carbocycles. The van der Waals surface area contributed by atoms with Gasteiger partial charge in [-0.2, -0.15) is 0 Å². The van der Waals surface area contributed by atoms with Gasteiger partial charge in [-0.3, -0.25) is 9.59 Å². The Labute approximate surface area is 118 Å². The molecule has 1 aliphatic rings. The molecule has 108 valence electrons. The summed E-state index contributed by atoms with van der Waals surface area (Å²) in [6, 6.07) is 6.13. The highest BCUT2D eigenvalue weighted by Gasteiger charge is 2.39. The maximum atomic E-state index is 12.8. The van der Waals surface area contributed by atoms with Crippen LogP contribution in [0.15, 0.2) is 24.3 Å². The molecule has 0 aliphatic carbocycles. The van der Waals surface area contributed by atoms with E-state index in [0.29, 0.717) is 25.9 Å². The fourth-order valence-corrected chi connectivity index (χ4v) is 2.37. The monoisotopic (exact) mass is 278 g/mol. The number of benzene rings is 1. The van der Waals surface area contributed by atoms with Crippen molar-refractivity contribution in [2.24, 2.45) is 0 Å². The third kappa shape index (κ3) is 2.98. The predicted molar refractivity (Wildman–Crippen MR) is 73.5 cm³/mol. The number of nitrogens with zero attached hydrogens (tertiary/aromatic N) is 1. The lowest BCUT2D eigenvalue weighted by molar-refractivity contribution is -0.149. The summed E-state index contributed by atoms with van der Waals surface area (Å²) in [6.07, 6.45) is 0.871. The molecule has 1 aromatic rings. The lowest BCUT2D eigenvalue weighted by Gasteiger charge is -2.41. The fraction of sp³-hybridized carbons (Fsp3) is 0.467. The summed E-state index contributed by atoms with van der Waals surface area (Å²) < 4.78 is 12.8. The van der Waals surface area contributed by atoms with Crippen LogP contribution in [0.25, 0.3) is 0 Å². The lowest BCUT2D eigenvalue weighted by atomic mass is 9.97. The Balaban J connectivity index is 1.97. The van der Waals surface area contributed by atoms with Gasteiger partial charge in [-0.1, -0.05) is 12.1 Å². The molecule has 0 unspecified atom stereocenters. The first-order valence-electron chi connectivity index (χ1n) is 6.74. The molecular formula is C15H19FN2O2. The Bertz CT molecular complexity index is 511. The normalized spacial score (nSPS) is 17.8. The average molecular weight is 278 g/mol. The highest BCUT2D eigenvalue weighted by Crippen LogP contribution is 2.19. The van der Waals surface area contributed by atoms with Crippen molar-refractivity contribution in [1.29, 1.82) is 0 Å². The minimum atomic E-state index is -0.807. The van der Waals surface area contributed by atoms with E-state index in [-0.39, 0.29) is 17.6 Å². The quantitative estimate of drug-likeness (QED) is 0.911. The number of aryl methyl sites for hydroxylation is 1. The Morgan fingerprint density at radius 1 is 1.35 bits per heavy atom. The van der Waals surface area contributed by atoms with Crippen LogP contribution in [0.3, 0.4) is 0 Å². The molecule has 1 saturated heterocycles. The van der Waals surface area contributed by atoms with Crippen LogP contribution >= 0.6 is 0 Å². The topological polar surface area (TPSA) is 49.4 Å². The van der Waals surface area contributed by atoms with Gasteiger partial charge in [0.1, 0.15) is 11.4 Å². The van der Waals surface area contributed by atoms with Crippen LogP contribution in [0.2, 0.25) is 0 Å². The molecule has 0 bridgehead atoms. The van der Waals surface area contributed by atoms with E-state index in [2.05, 4.69) is 5.32 Å². The molecule has 1 heterocycles. The molecule has 0 aromatic heterocycles. The molecule has 4 nitrogen and oxygen atoms in total. The number of carbonyl (C=O) groups is 2. The zero-order chi connectivity index (χ0) is 14.8. The zero-order valence-corrected chi connectivity index (χ0v) is 11.8. The molecule has 2 rings (SSSR count). The molecule has 1 aromatic carbocycles. The number of rotatable bonds is 3. The Hall–Kier alpha value is -1.91. The molecule has 0 spiro atoms. The highest BCUT2D eigenvalue weighted by molar-refractivity contribution is 5.91.